The molecule has 1 saturated heterocycles. The first-order valence-corrected chi connectivity index (χ1v) is 36.6. The number of primary amides is 1. The average Bonchev–Trinajstić information content (AvgIpc) is 1.80. The van der Waals surface area contributed by atoms with Gasteiger partial charge in [0.2, 0.25) is 45.5 Å². The Morgan fingerprint density at radius 2 is 1.36 bits per heavy atom. The molecular weight excluding hydrogens is 1320 g/mol. The van der Waals surface area contributed by atoms with Gasteiger partial charge in [-0.3, -0.25) is 62.6 Å². The Balaban J connectivity index is 1.46. The molecule has 0 bridgehead atoms. The number of imide groups is 1. The van der Waals surface area contributed by atoms with E-state index in [1.807, 2.05) is 60.5 Å². The van der Waals surface area contributed by atoms with Crippen LogP contribution < -0.4 is 42.4 Å². The first kappa shape index (κ1) is 86.0. The molecule has 28 nitrogen and oxygen atoms in total. The normalized spacial score (nSPS) is 17.8. The van der Waals surface area contributed by atoms with E-state index >= 15 is 0 Å². The lowest BCUT2D eigenvalue weighted by Gasteiger charge is -2.44. The molecule has 0 aliphatic carbocycles. The Kier molecular flexibility index (Phi) is 33.5. The average molecular weight is 1440 g/mol. The summed E-state index contributed by atoms with van der Waals surface area (Å²) in [5, 5.41) is 28.7. The van der Waals surface area contributed by atoms with E-state index in [4.69, 9.17) is 19.9 Å². The number of ether oxygens (including phenoxy) is 3. The number of nitrogens with one attached hydrogen (secondary N) is 7. The van der Waals surface area contributed by atoms with Crippen LogP contribution in [0, 0.1) is 35.0 Å². The van der Waals surface area contributed by atoms with E-state index in [0.717, 1.165) is 4.90 Å². The highest BCUT2D eigenvalue weighted by molar-refractivity contribution is 7.89. The van der Waals surface area contributed by atoms with Crippen LogP contribution in [-0.2, 0) is 79.6 Å². The number of nitrogens with two attached hydrogens (primary N) is 1. The number of likely N-dealkylation sites (N-methyl/N-ethyl adjacent to an activating group) is 2. The number of sulfonamides is 1. The third kappa shape index (κ3) is 26.4. The van der Waals surface area contributed by atoms with Crippen molar-refractivity contribution in [2.75, 3.05) is 66.9 Å². The van der Waals surface area contributed by atoms with Crippen molar-refractivity contribution in [2.24, 2.45) is 40.7 Å². The Morgan fingerprint density at radius 3 is 1.90 bits per heavy atom. The number of carbonyl (C=O) groups is 10. The largest absolute Gasteiger partial charge is 0.379 e. The summed E-state index contributed by atoms with van der Waals surface area (Å²) in [6, 6.07) is 7.73. The molecule has 1 unspecified atom stereocenters. The molecule has 0 radical (unpaired) electrons. The minimum atomic E-state index is -4.47. The van der Waals surface area contributed by atoms with Crippen molar-refractivity contribution >= 4 is 74.9 Å². The fraction of sp³-hybridized carbons (Fsp3) is 0.667. The second kappa shape index (κ2) is 39.3. The first-order valence-electron chi connectivity index (χ1n) is 35.0. The number of nitrogens with zero attached hydrogens (tertiary/aromatic N) is 4. The lowest BCUT2D eigenvalue weighted by Crippen LogP contribution is -2.61. The molecule has 566 valence electrons. The highest BCUT2D eigenvalue weighted by atomic mass is 32.2. The molecule has 4 rings (SSSR count). The summed E-state index contributed by atoms with van der Waals surface area (Å²) in [5.41, 5.74) is 4.58. The Bertz CT molecular complexity index is 3230. The predicted octanol–water partition coefficient (Wildman–Crippen LogP) is 3.95. The van der Waals surface area contributed by atoms with E-state index in [9.17, 15) is 61.5 Å². The molecule has 2 aliphatic rings. The van der Waals surface area contributed by atoms with Crippen LogP contribution in [0.5, 0.6) is 0 Å². The molecule has 0 saturated carbocycles. The third-order valence-corrected chi connectivity index (χ3v) is 19.9. The zero-order valence-corrected chi connectivity index (χ0v) is 63.4. The van der Waals surface area contributed by atoms with Crippen LogP contribution in [0.4, 0.5) is 10.5 Å². The molecule has 0 aromatic heterocycles. The molecule has 29 heteroatoms. The number of methoxy groups -OCH3 is 2. The van der Waals surface area contributed by atoms with E-state index in [0.29, 0.717) is 31.4 Å². The van der Waals surface area contributed by atoms with Crippen molar-refractivity contribution in [3.05, 3.63) is 77.9 Å². The summed E-state index contributed by atoms with van der Waals surface area (Å²) >= 11 is 0. The summed E-state index contributed by atoms with van der Waals surface area (Å²) < 4.78 is 48.2. The second-order valence-electron chi connectivity index (χ2n) is 29.6. The molecule has 11 amide bonds. The number of rotatable bonds is 42. The maximum atomic E-state index is 14.7. The van der Waals surface area contributed by atoms with E-state index in [-0.39, 0.29) is 92.6 Å². The van der Waals surface area contributed by atoms with Gasteiger partial charge in [0.25, 0.3) is 17.7 Å². The van der Waals surface area contributed by atoms with Gasteiger partial charge in [0, 0.05) is 64.0 Å². The van der Waals surface area contributed by atoms with Gasteiger partial charge in [-0.05, 0) is 113 Å². The van der Waals surface area contributed by atoms with Gasteiger partial charge >= 0.3 is 6.03 Å². The maximum absolute atomic E-state index is 14.7. The van der Waals surface area contributed by atoms with Crippen LogP contribution in [0.25, 0.3) is 0 Å². The minimum absolute atomic E-state index is 0.00244. The number of carbonyl (C=O) groups excluding carboxylic acids is 10. The van der Waals surface area contributed by atoms with E-state index in [1.165, 1.54) is 50.6 Å². The van der Waals surface area contributed by atoms with E-state index < -0.39 is 147 Å². The van der Waals surface area contributed by atoms with Crippen molar-refractivity contribution in [1.29, 1.82) is 0 Å². The quantitative estimate of drug-likeness (QED) is 0.0258. The Labute approximate surface area is 597 Å². The third-order valence-electron chi connectivity index (χ3n) is 18.7. The zero-order chi connectivity index (χ0) is 76.0. The molecule has 101 heavy (non-hydrogen) atoms. The molecule has 10 N–H and O–H groups in total. The van der Waals surface area contributed by atoms with Crippen LogP contribution >= 0.6 is 0 Å². The smallest absolute Gasteiger partial charge is 0.312 e. The fourth-order valence-corrected chi connectivity index (χ4v) is 14.2. The number of hydrogen-bond acceptors (Lipinski definition) is 18. The summed E-state index contributed by atoms with van der Waals surface area (Å²) in [6.45, 7) is 24.4. The summed E-state index contributed by atoms with van der Waals surface area (Å²) in [5.74, 6) is -7.23. The molecular formula is C72H116N12O16S. The van der Waals surface area contributed by atoms with E-state index in [1.54, 1.807) is 95.6 Å². The standard InChI is InChI=1S/C72H116N12O16S/c1-19-46(8)62(82(16)69(94)60(44(4)5)79-68(93)61(45(6)7)81(14)15)54(98-17)38-58(88)83-36-24-28-53(83)63(99-18)47(9)64(89)77-52(37-48-25-21-20-22-26-48)66(91)80-101(96,97)40-49-29-31-50(32-30-49)75-65(90)51(27-23-35-74-70(73)95)76-67(92)59(43(2)3)78-55(85)39-71(10,11)42-100-72(12,13)41-84-56(86)33-34-57(84)87/h20-22,25-26,29-34,43-47,51-54,59-63,69,94H,19,23-24,27-28,35-42H2,1-18H3,(H,75,90)(H,76,92)(H,77,89)(H,78,85)(H,79,93)(H,80,91)(H3,73,74,95)/t46-,47+,51-,52-,53-,54+,59-,60-,61-,62-,63+,69?/m0/s1. The number of hydrogen-bond donors (Lipinski definition) is 9. The number of urea groups is 1. The number of amides is 11. The first-order chi connectivity index (χ1) is 47.2. The topological polar surface area (TPSA) is 376 Å². The lowest BCUT2D eigenvalue weighted by molar-refractivity contribution is -0.146. The number of benzene rings is 2. The van der Waals surface area contributed by atoms with Gasteiger partial charge in [-0.2, -0.15) is 0 Å². The fourth-order valence-electron chi connectivity index (χ4n) is 13.0. The molecule has 0 spiro atoms. The molecule has 2 aromatic rings. The van der Waals surface area contributed by atoms with Crippen molar-refractivity contribution < 1.29 is 75.7 Å². The summed E-state index contributed by atoms with van der Waals surface area (Å²) in [4.78, 5) is 141. The minimum Gasteiger partial charge on any atom is -0.379 e. The van der Waals surface area contributed by atoms with Crippen molar-refractivity contribution in [2.45, 2.75) is 213 Å². The van der Waals surface area contributed by atoms with Crippen LogP contribution in [0.15, 0.2) is 66.7 Å². The molecule has 2 aromatic carbocycles. The SMILES string of the molecule is CC[C@H](C)[C@@H]([C@@H](CC(=O)N1CCC[C@H]1[C@H](OC)[C@@H](C)C(=O)N[C@@H](Cc1ccccc1)C(=O)NS(=O)(=O)Cc1ccc(NC(=O)[C@H](CCCNC(N)=O)NC(=O)[C@@H](NC(=O)CC(C)(C)COC(C)(C)CN2C(=O)C=CC2=O)C(C)C)cc1)OC)N(C)C(O)[C@@H](NC(=O)[C@H](C(C)C)N(C)C)C(C)C. The lowest BCUT2D eigenvalue weighted by atomic mass is 9.89. The summed E-state index contributed by atoms with van der Waals surface area (Å²) in [7, 11) is 3.95. The van der Waals surface area contributed by atoms with E-state index in [2.05, 4.69) is 36.6 Å². The Morgan fingerprint density at radius 1 is 0.743 bits per heavy atom. The van der Waals surface area contributed by atoms with Crippen LogP contribution in [0.3, 0.4) is 0 Å². The van der Waals surface area contributed by atoms with Gasteiger partial charge in [-0.15, -0.1) is 0 Å². The maximum Gasteiger partial charge on any atom is 0.312 e. The van der Waals surface area contributed by atoms with Crippen LogP contribution in [0.2, 0.25) is 0 Å². The van der Waals surface area contributed by atoms with Crippen molar-refractivity contribution in [3.63, 3.8) is 0 Å². The molecule has 12 atom stereocenters. The van der Waals surface area contributed by atoms with Crippen molar-refractivity contribution in [1.82, 2.24) is 50.9 Å². The van der Waals surface area contributed by atoms with Gasteiger partial charge in [-0.1, -0.05) is 125 Å². The predicted molar refractivity (Wildman–Crippen MR) is 384 cm³/mol. The van der Waals surface area contributed by atoms with Gasteiger partial charge in [0.1, 0.15) is 24.4 Å². The molecule has 2 heterocycles. The highest BCUT2D eigenvalue weighted by Crippen LogP contribution is 2.32. The summed E-state index contributed by atoms with van der Waals surface area (Å²) in [6.07, 6.45) is 1.34. The zero-order valence-electron chi connectivity index (χ0n) is 62.5. The van der Waals surface area contributed by atoms with Gasteiger partial charge in [0.15, 0.2) is 0 Å². The van der Waals surface area contributed by atoms with Crippen LogP contribution in [0.1, 0.15) is 146 Å². The van der Waals surface area contributed by atoms with Gasteiger partial charge < -0.3 is 61.9 Å². The molecule has 1 fully saturated rings. The monoisotopic (exact) mass is 1440 g/mol. The Hall–Kier alpha value is -7.41. The van der Waals surface area contributed by atoms with Crippen molar-refractivity contribution in [3.8, 4) is 0 Å². The van der Waals surface area contributed by atoms with Gasteiger partial charge in [-0.25, -0.2) is 13.2 Å². The number of likely N-dealkylation sites (tertiary alicyclic amines) is 1. The highest BCUT2D eigenvalue weighted by Gasteiger charge is 2.45. The number of anilines is 1. The van der Waals surface area contributed by atoms with Gasteiger partial charge in [0.05, 0.1) is 67.2 Å². The molecule has 2 aliphatic heterocycles. The van der Waals surface area contributed by atoms with Crippen LogP contribution in [-0.4, -0.2) is 220 Å². The number of aliphatic hydroxyl groups excluding tert-OH is 1. The second-order valence-corrected chi connectivity index (χ2v) is 31.3. The number of aliphatic hydroxyl groups is 1.